The van der Waals surface area contributed by atoms with E-state index < -0.39 is 29.2 Å². The predicted molar refractivity (Wildman–Crippen MR) is 123 cm³/mol. The topological polar surface area (TPSA) is 79.5 Å². The Morgan fingerprint density at radius 3 is 2.42 bits per heavy atom. The molecule has 33 heavy (non-hydrogen) atoms. The van der Waals surface area contributed by atoms with Crippen LogP contribution in [0.2, 0.25) is 0 Å². The van der Waals surface area contributed by atoms with Crippen LogP contribution >= 0.6 is 0 Å². The second-order valence-corrected chi connectivity index (χ2v) is 7.94. The summed E-state index contributed by atoms with van der Waals surface area (Å²) in [6.45, 7) is 5.26. The van der Waals surface area contributed by atoms with E-state index in [-0.39, 0.29) is 11.1 Å². The highest BCUT2D eigenvalue weighted by Crippen LogP contribution is 2.33. The molecule has 0 fully saturated rings. The summed E-state index contributed by atoms with van der Waals surface area (Å²) in [5.74, 6) is -3.85. The third-order valence-corrected chi connectivity index (χ3v) is 5.58. The molecule has 5 nitrogen and oxygen atoms in total. The van der Waals surface area contributed by atoms with Crippen LogP contribution in [0.3, 0.4) is 0 Å². The first-order valence-electron chi connectivity index (χ1n) is 10.3. The minimum Gasteiger partial charge on any atom is -0.478 e. The van der Waals surface area contributed by atoms with Gasteiger partial charge in [-0.1, -0.05) is 36.4 Å². The zero-order valence-corrected chi connectivity index (χ0v) is 18.2. The van der Waals surface area contributed by atoms with Gasteiger partial charge in [-0.25, -0.2) is 13.6 Å². The Hall–Kier alpha value is -4.00. The van der Waals surface area contributed by atoms with E-state index in [0.717, 1.165) is 17.2 Å². The van der Waals surface area contributed by atoms with Crippen molar-refractivity contribution in [2.75, 3.05) is 5.32 Å². The molecule has 2 N–H and O–H groups in total. The summed E-state index contributed by atoms with van der Waals surface area (Å²) in [6, 6.07) is 14.2. The van der Waals surface area contributed by atoms with Gasteiger partial charge in [0.15, 0.2) is 17.1 Å². The number of aromatic carboxylic acids is 1. The fourth-order valence-electron chi connectivity index (χ4n) is 3.95. The van der Waals surface area contributed by atoms with Crippen LogP contribution in [0.25, 0.3) is 22.3 Å². The number of hydrogen-bond acceptors (Lipinski definition) is 4. The summed E-state index contributed by atoms with van der Waals surface area (Å²) in [5.41, 5.74) is 1.90. The summed E-state index contributed by atoms with van der Waals surface area (Å²) >= 11 is 0. The van der Waals surface area contributed by atoms with E-state index >= 15 is 0 Å². The van der Waals surface area contributed by atoms with Crippen molar-refractivity contribution in [2.24, 2.45) is 0 Å². The average Bonchev–Trinajstić information content (AvgIpc) is 2.79. The summed E-state index contributed by atoms with van der Waals surface area (Å²) in [6.07, 6.45) is 0. The van der Waals surface area contributed by atoms with Crippen molar-refractivity contribution < 1.29 is 23.1 Å². The molecule has 4 aromatic rings. The van der Waals surface area contributed by atoms with Gasteiger partial charge in [0, 0.05) is 16.7 Å². The molecule has 1 atom stereocenters. The number of halogens is 2. The van der Waals surface area contributed by atoms with Gasteiger partial charge in [-0.05, 0) is 44.5 Å². The highest BCUT2D eigenvalue weighted by Gasteiger charge is 2.23. The minimum atomic E-state index is -1.59. The standard InChI is InChI=1S/C26H21F2NO4/c1-13-11-17(15(3)29-20-10-9-19(27)22(28)21(20)26(31)32)25-18(12-13)23(30)14(2)24(33-25)16-7-5-4-6-8-16/h4-12,15,29H,1-3H3,(H,31,32). The third kappa shape index (κ3) is 3.98. The number of anilines is 1. The van der Waals surface area contributed by atoms with Crippen LogP contribution in [-0.4, -0.2) is 11.1 Å². The van der Waals surface area contributed by atoms with Crippen LogP contribution in [-0.2, 0) is 0 Å². The Kier molecular flexibility index (Phi) is 5.72. The van der Waals surface area contributed by atoms with Crippen molar-refractivity contribution >= 4 is 22.6 Å². The van der Waals surface area contributed by atoms with Crippen LogP contribution < -0.4 is 10.7 Å². The molecule has 0 aliphatic heterocycles. The Labute approximate surface area is 188 Å². The smallest absolute Gasteiger partial charge is 0.340 e. The van der Waals surface area contributed by atoms with Crippen LogP contribution in [0.4, 0.5) is 14.5 Å². The van der Waals surface area contributed by atoms with Gasteiger partial charge in [0.1, 0.15) is 16.9 Å². The highest BCUT2D eigenvalue weighted by atomic mass is 19.2. The van der Waals surface area contributed by atoms with Gasteiger partial charge in [0.05, 0.1) is 17.1 Å². The number of fused-ring (bicyclic) bond motifs is 1. The number of benzene rings is 3. The SMILES string of the molecule is Cc1cc(C(C)Nc2ccc(F)c(F)c2C(=O)O)c2oc(-c3ccccc3)c(C)c(=O)c2c1. The molecule has 0 saturated heterocycles. The van der Waals surface area contributed by atoms with Crippen molar-refractivity contribution in [2.45, 2.75) is 26.8 Å². The first kappa shape index (κ1) is 22.2. The van der Waals surface area contributed by atoms with Crippen LogP contribution in [0.5, 0.6) is 0 Å². The Morgan fingerprint density at radius 2 is 1.76 bits per heavy atom. The molecule has 0 spiro atoms. The molecule has 168 valence electrons. The maximum Gasteiger partial charge on any atom is 0.340 e. The van der Waals surface area contributed by atoms with Gasteiger partial charge in [-0.2, -0.15) is 0 Å². The fraction of sp³-hybridized carbons (Fsp3) is 0.154. The lowest BCUT2D eigenvalue weighted by Gasteiger charge is -2.20. The zero-order chi connectivity index (χ0) is 23.9. The molecule has 1 aromatic heterocycles. The molecule has 4 rings (SSSR count). The van der Waals surface area contributed by atoms with Crippen molar-refractivity contribution in [3.05, 3.63) is 98.7 Å². The number of rotatable bonds is 5. The predicted octanol–water partition coefficient (Wildman–Crippen LogP) is 6.23. The average molecular weight is 449 g/mol. The van der Waals surface area contributed by atoms with Gasteiger partial charge in [-0.15, -0.1) is 0 Å². The molecular formula is C26H21F2NO4. The Balaban J connectivity index is 1.90. The lowest BCUT2D eigenvalue weighted by molar-refractivity contribution is 0.0691. The fourth-order valence-corrected chi connectivity index (χ4v) is 3.95. The van der Waals surface area contributed by atoms with Crippen molar-refractivity contribution in [1.82, 2.24) is 0 Å². The van der Waals surface area contributed by atoms with Crippen molar-refractivity contribution in [1.29, 1.82) is 0 Å². The molecule has 0 bridgehead atoms. The van der Waals surface area contributed by atoms with Gasteiger partial charge in [-0.3, -0.25) is 4.79 Å². The van der Waals surface area contributed by atoms with E-state index in [0.29, 0.717) is 27.9 Å². The summed E-state index contributed by atoms with van der Waals surface area (Å²) in [5, 5.41) is 12.7. The second-order valence-electron chi connectivity index (χ2n) is 7.94. The minimum absolute atomic E-state index is 0.0821. The molecule has 3 aromatic carbocycles. The first-order chi connectivity index (χ1) is 15.7. The number of carbonyl (C=O) groups is 1. The van der Waals surface area contributed by atoms with Gasteiger partial charge in [0.2, 0.25) is 0 Å². The largest absolute Gasteiger partial charge is 0.478 e. The molecule has 0 aliphatic carbocycles. The molecular weight excluding hydrogens is 428 g/mol. The second kappa shape index (κ2) is 8.50. The molecule has 0 radical (unpaired) electrons. The highest BCUT2D eigenvalue weighted by molar-refractivity contribution is 5.95. The normalized spacial score (nSPS) is 12.0. The number of hydrogen-bond donors (Lipinski definition) is 2. The summed E-state index contributed by atoms with van der Waals surface area (Å²) in [7, 11) is 0. The maximum atomic E-state index is 14.2. The number of carboxylic acid groups (broad SMARTS) is 1. The third-order valence-electron chi connectivity index (χ3n) is 5.58. The van der Waals surface area contributed by atoms with Crippen LogP contribution in [0.15, 0.2) is 63.8 Å². The van der Waals surface area contributed by atoms with Crippen molar-refractivity contribution in [3.8, 4) is 11.3 Å². The maximum absolute atomic E-state index is 14.2. The van der Waals surface area contributed by atoms with Gasteiger partial charge < -0.3 is 14.8 Å². The monoisotopic (exact) mass is 449 g/mol. The van der Waals surface area contributed by atoms with E-state index in [1.165, 1.54) is 6.07 Å². The number of aryl methyl sites for hydroxylation is 1. The van der Waals surface area contributed by atoms with E-state index in [4.69, 9.17) is 4.42 Å². The molecule has 0 saturated carbocycles. The van der Waals surface area contributed by atoms with Gasteiger partial charge in [0.25, 0.3) is 0 Å². The lowest BCUT2D eigenvalue weighted by atomic mass is 9.98. The Morgan fingerprint density at radius 1 is 1.06 bits per heavy atom. The van der Waals surface area contributed by atoms with E-state index in [2.05, 4.69) is 5.32 Å². The first-order valence-corrected chi connectivity index (χ1v) is 10.3. The van der Waals surface area contributed by atoms with Crippen molar-refractivity contribution in [3.63, 3.8) is 0 Å². The zero-order valence-electron chi connectivity index (χ0n) is 18.2. The van der Waals surface area contributed by atoms with E-state index in [9.17, 15) is 23.5 Å². The number of nitrogens with one attached hydrogen (secondary N) is 1. The quantitative estimate of drug-likeness (QED) is 0.378. The Bertz CT molecular complexity index is 1440. The molecule has 1 unspecified atom stereocenters. The number of carboxylic acids is 1. The van der Waals surface area contributed by atoms with E-state index in [1.807, 2.05) is 43.3 Å². The molecule has 0 aliphatic rings. The van der Waals surface area contributed by atoms with Crippen LogP contribution in [0.1, 0.15) is 40.0 Å². The summed E-state index contributed by atoms with van der Waals surface area (Å²) in [4.78, 5) is 24.7. The lowest BCUT2D eigenvalue weighted by Crippen LogP contribution is -2.15. The van der Waals surface area contributed by atoms with Crippen LogP contribution in [0, 0.1) is 25.5 Å². The molecule has 0 amide bonds. The summed E-state index contributed by atoms with van der Waals surface area (Å²) < 4.78 is 34.0. The van der Waals surface area contributed by atoms with Gasteiger partial charge >= 0.3 is 5.97 Å². The molecule has 1 heterocycles. The molecule has 7 heteroatoms. The van der Waals surface area contributed by atoms with E-state index in [1.54, 1.807) is 19.9 Å².